The van der Waals surface area contributed by atoms with Gasteiger partial charge in [-0.15, -0.1) is 6.58 Å². The van der Waals surface area contributed by atoms with Crippen LogP contribution in [0.25, 0.3) is 5.57 Å². The lowest BCUT2D eigenvalue weighted by molar-refractivity contribution is -0.134. The highest BCUT2D eigenvalue weighted by Gasteiger charge is 2.42. The first-order chi connectivity index (χ1) is 32.0. The van der Waals surface area contributed by atoms with Gasteiger partial charge in [0, 0.05) is 55.9 Å². The van der Waals surface area contributed by atoms with Crippen molar-refractivity contribution in [2.45, 2.75) is 76.8 Å². The molecule has 4 aliphatic rings. The second-order valence-electron chi connectivity index (χ2n) is 16.3. The Hall–Kier alpha value is -6.40. The summed E-state index contributed by atoms with van der Waals surface area (Å²) >= 11 is 3.28. The van der Waals surface area contributed by atoms with Crippen LogP contribution in [-0.4, -0.2) is 111 Å². The van der Waals surface area contributed by atoms with E-state index in [1.807, 2.05) is 6.92 Å². The summed E-state index contributed by atoms with van der Waals surface area (Å²) in [5.74, 6) is -0.181. The molecular formula is C44H46BBrF6N10O6. The summed E-state index contributed by atoms with van der Waals surface area (Å²) in [6, 6.07) is 11.7. The number of urea groups is 2. The highest BCUT2D eigenvalue weighted by Crippen LogP contribution is 2.41. The molecule has 4 N–H and O–H groups in total. The molecule has 4 aromatic rings. The molecule has 360 valence electrons. The smallest absolute Gasteiger partial charge is 0.423 e. The van der Waals surface area contributed by atoms with Gasteiger partial charge >= 0.3 is 31.5 Å². The van der Waals surface area contributed by atoms with Gasteiger partial charge in [-0.2, -0.15) is 26.3 Å². The molecule has 8 heterocycles. The molecule has 8 rings (SSSR count). The third-order valence-corrected chi connectivity index (χ3v) is 11.5. The van der Waals surface area contributed by atoms with Crippen LogP contribution in [0.5, 0.6) is 0 Å². The van der Waals surface area contributed by atoms with Crippen molar-refractivity contribution in [3.05, 3.63) is 101 Å². The fourth-order valence-corrected chi connectivity index (χ4v) is 7.76. The molecule has 0 unspecified atom stereocenters. The van der Waals surface area contributed by atoms with Crippen LogP contribution in [0.2, 0.25) is 0 Å². The Labute approximate surface area is 395 Å². The number of amides is 4. The van der Waals surface area contributed by atoms with Crippen molar-refractivity contribution in [1.82, 2.24) is 19.9 Å². The van der Waals surface area contributed by atoms with Crippen LogP contribution in [-0.2, 0) is 0 Å². The third kappa shape index (κ3) is 13.0. The maximum absolute atomic E-state index is 13.1. The van der Waals surface area contributed by atoms with E-state index < -0.39 is 68.8 Å². The van der Waals surface area contributed by atoms with E-state index in [0.717, 1.165) is 35.1 Å². The molecule has 16 nitrogen and oxygen atoms in total. The summed E-state index contributed by atoms with van der Waals surface area (Å²) < 4.78 is 75.7. The molecule has 2 atom stereocenters. The minimum Gasteiger partial charge on any atom is -0.423 e. The van der Waals surface area contributed by atoms with Crippen molar-refractivity contribution in [3.63, 3.8) is 0 Å². The normalized spacial score (nSPS) is 16.6. The molecule has 4 bridgehead atoms. The number of anilines is 6. The standard InChI is InChI=1S/C22H22F3N5O2.C19H17BrF3N5O2.C3H7BO2/c1-13(2)14-3-6-19(26-11-14)28-21(32)30-15-8-10-29(12-15)17-5-4-16(27-20(17)30)18(31)7-9-22(23,24)25;20-11-1-4-16(24-9-11)26-18(30)28-12-6-8-27(10-12)14-3-2-13(25-17(14)28)15(29)5-7-19(21,22)23;1-3(2)4(5)6/h3-6,11,15H,1,7-10,12H2,2H3,(H,26,28,32);1-4,9,12H,5-8,10H2,(H,24,26,30);5-6H,1H2,2H3/t15-;12-;/m00./s1. The molecule has 0 saturated carbocycles. The number of carbonyl (C=O) groups excluding carboxylic acids is 4. The van der Waals surface area contributed by atoms with E-state index in [4.69, 9.17) is 10.0 Å². The molecule has 2 saturated heterocycles. The molecule has 4 aliphatic heterocycles. The molecule has 0 aromatic carbocycles. The summed E-state index contributed by atoms with van der Waals surface area (Å²) in [6.07, 6.45) is -8.05. The Kier molecular flexibility index (Phi) is 16.0. The van der Waals surface area contributed by atoms with Crippen molar-refractivity contribution in [2.24, 2.45) is 0 Å². The summed E-state index contributed by atoms with van der Waals surface area (Å²) in [5.41, 5.74) is 3.24. The molecule has 68 heavy (non-hydrogen) atoms. The van der Waals surface area contributed by atoms with Crippen LogP contribution in [0, 0.1) is 0 Å². The van der Waals surface area contributed by atoms with Gasteiger partial charge in [0.05, 0.1) is 36.3 Å². The summed E-state index contributed by atoms with van der Waals surface area (Å²) in [5, 5.41) is 21.6. The number of halogens is 7. The summed E-state index contributed by atoms with van der Waals surface area (Å²) in [4.78, 5) is 74.7. The predicted octanol–water partition coefficient (Wildman–Crippen LogP) is 8.64. The van der Waals surface area contributed by atoms with Gasteiger partial charge in [0.15, 0.2) is 23.2 Å². The fraction of sp³-hybridized carbons (Fsp3) is 0.364. The number of Topliss-reactive ketones (excluding diaryl/α,β-unsaturated/α-hetero) is 2. The van der Waals surface area contributed by atoms with E-state index in [1.165, 1.54) is 21.9 Å². The molecule has 2 fully saturated rings. The minimum absolute atomic E-state index is 0.0833. The van der Waals surface area contributed by atoms with Crippen molar-refractivity contribution in [2.75, 3.05) is 56.4 Å². The number of ketones is 2. The van der Waals surface area contributed by atoms with Gasteiger partial charge < -0.3 is 19.8 Å². The first-order valence-electron chi connectivity index (χ1n) is 21.1. The van der Waals surface area contributed by atoms with Crippen LogP contribution < -0.4 is 30.2 Å². The average Bonchev–Trinajstić information content (AvgIpc) is 3.90. The zero-order valence-corrected chi connectivity index (χ0v) is 38.3. The highest BCUT2D eigenvalue weighted by molar-refractivity contribution is 9.10. The predicted molar refractivity (Wildman–Crippen MR) is 248 cm³/mol. The number of alkyl halides is 6. The minimum atomic E-state index is -4.42. The van der Waals surface area contributed by atoms with Crippen molar-refractivity contribution in [3.8, 4) is 0 Å². The van der Waals surface area contributed by atoms with Gasteiger partial charge in [0.25, 0.3) is 0 Å². The Morgan fingerprint density at radius 1 is 0.706 bits per heavy atom. The Bertz CT molecular complexity index is 2550. The van der Waals surface area contributed by atoms with Crippen molar-refractivity contribution in [1.29, 1.82) is 0 Å². The molecule has 0 spiro atoms. The van der Waals surface area contributed by atoms with Crippen LogP contribution in [0.15, 0.2) is 84.0 Å². The lowest BCUT2D eigenvalue weighted by atomic mass is 9.82. The highest BCUT2D eigenvalue weighted by atomic mass is 79.9. The van der Waals surface area contributed by atoms with Crippen LogP contribution in [0.3, 0.4) is 0 Å². The summed E-state index contributed by atoms with van der Waals surface area (Å²) in [7, 11) is -1.34. The molecule has 4 aromatic heterocycles. The Morgan fingerprint density at radius 3 is 1.49 bits per heavy atom. The molecular weight excluding hydrogens is 969 g/mol. The quantitative estimate of drug-likeness (QED) is 0.0672. The second kappa shape index (κ2) is 21.3. The Morgan fingerprint density at radius 2 is 1.13 bits per heavy atom. The topological polar surface area (TPSA) is 197 Å². The fourth-order valence-electron chi connectivity index (χ4n) is 7.53. The maximum atomic E-state index is 13.1. The number of nitrogens with one attached hydrogen (secondary N) is 2. The zero-order valence-electron chi connectivity index (χ0n) is 36.7. The van der Waals surface area contributed by atoms with E-state index in [0.29, 0.717) is 48.0 Å². The monoisotopic (exact) mass is 1010 g/mol. The lowest BCUT2D eigenvalue weighted by Gasteiger charge is -2.35. The number of hydrogen-bond acceptors (Lipinski definition) is 12. The van der Waals surface area contributed by atoms with Gasteiger partial charge in [0.1, 0.15) is 23.0 Å². The van der Waals surface area contributed by atoms with Gasteiger partial charge in [0.2, 0.25) is 0 Å². The number of aromatic nitrogens is 4. The van der Waals surface area contributed by atoms with Crippen molar-refractivity contribution < 1.29 is 55.6 Å². The number of rotatable bonds is 10. The number of allylic oxidation sites excluding steroid dienone is 2. The van der Waals surface area contributed by atoms with E-state index in [9.17, 15) is 45.5 Å². The van der Waals surface area contributed by atoms with Crippen LogP contribution in [0.1, 0.15) is 78.9 Å². The second-order valence-corrected chi connectivity index (χ2v) is 17.2. The van der Waals surface area contributed by atoms with E-state index >= 15 is 0 Å². The van der Waals surface area contributed by atoms with Gasteiger partial charge in [-0.25, -0.2) is 29.5 Å². The van der Waals surface area contributed by atoms with Gasteiger partial charge in [-0.1, -0.05) is 12.1 Å². The SMILES string of the molecule is C=C(C)B(O)O.C=C(C)c1ccc(NC(=O)N2c3nc(C(=O)CCC(F)(F)F)ccc3N3CC[C@H]2C3)nc1.O=C(CCC(F)(F)F)c1ccc2c(n1)N(C(=O)Nc1ccc(Br)cn1)[C@H]1CCN2C1. The molecule has 24 heteroatoms. The average molecular weight is 1020 g/mol. The maximum Gasteiger partial charge on any atom is 0.483 e. The molecule has 4 amide bonds. The lowest BCUT2D eigenvalue weighted by Crippen LogP contribution is -2.48. The summed E-state index contributed by atoms with van der Waals surface area (Å²) in [6.45, 7) is 13.2. The number of carbonyl (C=O) groups is 4. The molecule has 0 aliphatic carbocycles. The Balaban J connectivity index is 0.000000200. The number of hydrogen-bond donors (Lipinski definition) is 4. The number of nitrogens with zero attached hydrogens (tertiary/aromatic N) is 8. The van der Waals surface area contributed by atoms with Crippen molar-refractivity contribution >= 4 is 86.9 Å². The molecule has 0 radical (unpaired) electrons. The number of fused-ring (bicyclic) bond motifs is 8. The number of pyridine rings is 4. The first-order valence-corrected chi connectivity index (χ1v) is 21.9. The third-order valence-electron chi connectivity index (χ3n) is 11.1. The first kappa shape index (κ1) is 51.0. The van der Waals surface area contributed by atoms with E-state index in [1.54, 1.807) is 55.7 Å². The van der Waals surface area contributed by atoms with E-state index in [2.05, 4.69) is 69.5 Å². The van der Waals surface area contributed by atoms with Crippen LogP contribution in [0.4, 0.5) is 70.6 Å². The van der Waals surface area contributed by atoms with Crippen LogP contribution >= 0.6 is 15.9 Å². The zero-order chi connectivity index (χ0) is 49.7. The largest absolute Gasteiger partial charge is 0.483 e. The van der Waals surface area contributed by atoms with Gasteiger partial charge in [-0.05, 0) is 102 Å². The van der Waals surface area contributed by atoms with E-state index in [-0.39, 0.29) is 35.1 Å². The van der Waals surface area contributed by atoms with Gasteiger partial charge in [-0.3, -0.25) is 30.0 Å².